The number of hydrogen-bond acceptors (Lipinski definition) is 3. The van der Waals surface area contributed by atoms with Gasteiger partial charge in [-0.3, -0.25) is 4.79 Å². The van der Waals surface area contributed by atoms with E-state index in [9.17, 15) is 4.79 Å². The molecule has 3 aromatic carbocycles. The summed E-state index contributed by atoms with van der Waals surface area (Å²) in [4.78, 5) is 12.7. The average molecular weight is 396 g/mol. The summed E-state index contributed by atoms with van der Waals surface area (Å²) < 4.78 is 5.88. The lowest BCUT2D eigenvalue weighted by atomic mass is 9.87. The molecule has 0 aromatic heterocycles. The van der Waals surface area contributed by atoms with Gasteiger partial charge in [0.2, 0.25) is 0 Å². The summed E-state index contributed by atoms with van der Waals surface area (Å²) >= 11 is 0. The Bertz CT molecular complexity index is 1070. The van der Waals surface area contributed by atoms with Crippen molar-refractivity contribution in [3.8, 4) is 22.9 Å². The van der Waals surface area contributed by atoms with Gasteiger partial charge in [0.15, 0.2) is 6.10 Å². The van der Waals surface area contributed by atoms with Crippen molar-refractivity contribution in [2.75, 3.05) is 0 Å². The van der Waals surface area contributed by atoms with E-state index in [2.05, 4.69) is 29.6 Å². The second-order valence-electron chi connectivity index (χ2n) is 7.63. The molecule has 0 saturated heterocycles. The van der Waals surface area contributed by atoms with Crippen LogP contribution in [-0.2, 0) is 11.2 Å². The zero-order valence-electron chi connectivity index (χ0n) is 17.0. The molecule has 1 amide bonds. The van der Waals surface area contributed by atoms with Crippen molar-refractivity contribution in [1.82, 2.24) is 5.32 Å². The first-order valence-electron chi connectivity index (χ1n) is 10.3. The number of nitriles is 1. The maximum absolute atomic E-state index is 12.7. The zero-order chi connectivity index (χ0) is 20.9. The van der Waals surface area contributed by atoms with E-state index in [1.807, 2.05) is 42.5 Å². The van der Waals surface area contributed by atoms with Crippen LogP contribution in [0.15, 0.2) is 72.8 Å². The molecule has 0 heterocycles. The third-order valence-corrected chi connectivity index (χ3v) is 5.57. The predicted octanol–water partition coefficient (Wildman–Crippen LogP) is 5.19. The molecule has 0 fully saturated rings. The molecule has 0 spiro atoms. The van der Waals surface area contributed by atoms with Crippen molar-refractivity contribution in [3.63, 3.8) is 0 Å². The second kappa shape index (κ2) is 8.84. The van der Waals surface area contributed by atoms with Crippen molar-refractivity contribution in [3.05, 3.63) is 89.5 Å². The minimum atomic E-state index is -0.583. The van der Waals surface area contributed by atoms with Crippen LogP contribution in [-0.4, -0.2) is 12.0 Å². The van der Waals surface area contributed by atoms with E-state index in [1.54, 1.807) is 19.1 Å². The van der Waals surface area contributed by atoms with Crippen LogP contribution in [0.1, 0.15) is 42.5 Å². The summed E-state index contributed by atoms with van der Waals surface area (Å²) in [7, 11) is 0. The summed E-state index contributed by atoms with van der Waals surface area (Å²) in [6, 6.07) is 25.6. The summed E-state index contributed by atoms with van der Waals surface area (Å²) in [5.41, 5.74) is 5.24. The number of nitrogens with one attached hydrogen (secondary N) is 1. The molecule has 30 heavy (non-hydrogen) atoms. The van der Waals surface area contributed by atoms with Gasteiger partial charge in [0.25, 0.3) is 5.91 Å². The fourth-order valence-electron chi connectivity index (χ4n) is 3.91. The van der Waals surface area contributed by atoms with Crippen LogP contribution in [0, 0.1) is 11.3 Å². The van der Waals surface area contributed by atoms with E-state index in [0.29, 0.717) is 11.3 Å². The van der Waals surface area contributed by atoms with Gasteiger partial charge >= 0.3 is 0 Å². The first-order chi connectivity index (χ1) is 14.6. The molecule has 0 saturated carbocycles. The number of carbonyl (C=O) groups is 1. The molecule has 3 aromatic rings. The Balaban J connectivity index is 1.38. The topological polar surface area (TPSA) is 62.1 Å². The number of benzene rings is 3. The lowest BCUT2D eigenvalue weighted by Gasteiger charge is -2.27. The Hall–Kier alpha value is -3.58. The summed E-state index contributed by atoms with van der Waals surface area (Å²) in [6.45, 7) is 1.78. The number of nitrogens with zero attached hydrogens (tertiary/aromatic N) is 1. The Morgan fingerprint density at radius 2 is 1.70 bits per heavy atom. The van der Waals surface area contributed by atoms with E-state index in [0.717, 1.165) is 30.4 Å². The first-order valence-corrected chi connectivity index (χ1v) is 10.3. The SMILES string of the molecule is CC(Oc1ccc(-c2ccc(C#N)cc2)cc1)C(=O)NC1CCCc2ccccc21. The number of amides is 1. The first kappa shape index (κ1) is 19.7. The van der Waals surface area contributed by atoms with Gasteiger partial charge in [0, 0.05) is 0 Å². The minimum Gasteiger partial charge on any atom is -0.481 e. The lowest BCUT2D eigenvalue weighted by molar-refractivity contribution is -0.128. The van der Waals surface area contributed by atoms with E-state index in [1.165, 1.54) is 11.1 Å². The Morgan fingerprint density at radius 3 is 2.40 bits per heavy atom. The van der Waals surface area contributed by atoms with Gasteiger partial charge in [-0.05, 0) is 72.7 Å². The Morgan fingerprint density at radius 1 is 1.03 bits per heavy atom. The van der Waals surface area contributed by atoms with Crippen LogP contribution in [0.4, 0.5) is 0 Å². The van der Waals surface area contributed by atoms with E-state index in [-0.39, 0.29) is 11.9 Å². The van der Waals surface area contributed by atoms with Crippen molar-refractivity contribution < 1.29 is 9.53 Å². The van der Waals surface area contributed by atoms with Gasteiger partial charge in [-0.15, -0.1) is 0 Å². The minimum absolute atomic E-state index is 0.0484. The highest BCUT2D eigenvalue weighted by atomic mass is 16.5. The average Bonchev–Trinajstić information content (AvgIpc) is 2.80. The van der Waals surface area contributed by atoms with Crippen molar-refractivity contribution >= 4 is 5.91 Å². The van der Waals surface area contributed by atoms with Gasteiger partial charge in [0.1, 0.15) is 5.75 Å². The molecule has 0 radical (unpaired) electrons. The maximum Gasteiger partial charge on any atom is 0.261 e. The van der Waals surface area contributed by atoms with Gasteiger partial charge < -0.3 is 10.1 Å². The van der Waals surface area contributed by atoms with Crippen molar-refractivity contribution in [1.29, 1.82) is 5.26 Å². The number of carbonyl (C=O) groups excluding carboxylic acids is 1. The van der Waals surface area contributed by atoms with Crippen molar-refractivity contribution in [2.45, 2.75) is 38.3 Å². The molecule has 1 aliphatic rings. The van der Waals surface area contributed by atoms with Gasteiger partial charge in [-0.1, -0.05) is 48.5 Å². The standard InChI is InChI=1S/C26H24N2O2/c1-18(26(29)28-25-8-4-6-22-5-2-3-7-24(22)25)30-23-15-13-21(14-16-23)20-11-9-19(17-27)10-12-20/h2-3,5,7,9-16,18,25H,4,6,8H2,1H3,(H,28,29). The third kappa shape index (κ3) is 4.36. The van der Waals surface area contributed by atoms with Crippen LogP contribution in [0.2, 0.25) is 0 Å². The van der Waals surface area contributed by atoms with Crippen molar-refractivity contribution in [2.24, 2.45) is 0 Å². The largest absolute Gasteiger partial charge is 0.481 e. The van der Waals surface area contributed by atoms with Crippen LogP contribution in [0.5, 0.6) is 5.75 Å². The van der Waals surface area contributed by atoms with Crippen LogP contribution in [0.25, 0.3) is 11.1 Å². The zero-order valence-corrected chi connectivity index (χ0v) is 17.0. The summed E-state index contributed by atoms with van der Waals surface area (Å²) in [5, 5.41) is 12.1. The maximum atomic E-state index is 12.7. The molecule has 0 aliphatic heterocycles. The normalized spacial score (nSPS) is 16.1. The Kier molecular flexibility index (Phi) is 5.81. The molecular weight excluding hydrogens is 372 g/mol. The number of hydrogen-bond donors (Lipinski definition) is 1. The fourth-order valence-corrected chi connectivity index (χ4v) is 3.91. The van der Waals surface area contributed by atoms with E-state index >= 15 is 0 Å². The predicted molar refractivity (Wildman–Crippen MR) is 117 cm³/mol. The second-order valence-corrected chi connectivity index (χ2v) is 7.63. The molecule has 4 nitrogen and oxygen atoms in total. The molecular formula is C26H24N2O2. The third-order valence-electron chi connectivity index (χ3n) is 5.57. The monoisotopic (exact) mass is 396 g/mol. The van der Waals surface area contributed by atoms with E-state index in [4.69, 9.17) is 10.00 Å². The number of rotatable bonds is 5. The number of aryl methyl sites for hydroxylation is 1. The molecule has 4 heteroatoms. The summed E-state index contributed by atoms with van der Waals surface area (Å²) in [5.74, 6) is 0.548. The molecule has 4 rings (SSSR count). The molecule has 150 valence electrons. The molecule has 0 bridgehead atoms. The number of fused-ring (bicyclic) bond motifs is 1. The van der Waals surface area contributed by atoms with E-state index < -0.39 is 6.10 Å². The number of ether oxygens (including phenoxy) is 1. The molecule has 2 unspecified atom stereocenters. The van der Waals surface area contributed by atoms with Gasteiger partial charge in [-0.25, -0.2) is 0 Å². The van der Waals surface area contributed by atoms with Crippen LogP contribution < -0.4 is 10.1 Å². The van der Waals surface area contributed by atoms with Crippen LogP contribution >= 0.6 is 0 Å². The molecule has 2 atom stereocenters. The lowest BCUT2D eigenvalue weighted by Crippen LogP contribution is -2.39. The molecule has 1 aliphatic carbocycles. The smallest absolute Gasteiger partial charge is 0.261 e. The highest BCUT2D eigenvalue weighted by Gasteiger charge is 2.24. The van der Waals surface area contributed by atoms with Gasteiger partial charge in [-0.2, -0.15) is 5.26 Å². The summed E-state index contributed by atoms with van der Waals surface area (Å²) in [6.07, 6.45) is 2.52. The van der Waals surface area contributed by atoms with Gasteiger partial charge in [0.05, 0.1) is 17.7 Å². The highest BCUT2D eigenvalue weighted by molar-refractivity contribution is 5.81. The highest BCUT2D eigenvalue weighted by Crippen LogP contribution is 2.29. The quantitative estimate of drug-likeness (QED) is 0.646. The Labute approximate surface area is 177 Å². The fraction of sp³-hybridized carbons (Fsp3) is 0.231. The van der Waals surface area contributed by atoms with Crippen LogP contribution in [0.3, 0.4) is 0 Å². The molecule has 1 N–H and O–H groups in total.